The van der Waals surface area contributed by atoms with E-state index in [1.54, 1.807) is 12.1 Å². The number of methoxy groups -OCH3 is 1. The molecule has 0 spiro atoms. The Balaban J connectivity index is 1.86. The first kappa shape index (κ1) is 15.8. The molecule has 1 aromatic carbocycles. The summed E-state index contributed by atoms with van der Waals surface area (Å²) in [7, 11) is -2.26. The summed E-state index contributed by atoms with van der Waals surface area (Å²) >= 11 is 1.28. The van der Waals surface area contributed by atoms with Gasteiger partial charge in [0.15, 0.2) is 0 Å². The zero-order valence-corrected chi connectivity index (χ0v) is 14.4. The van der Waals surface area contributed by atoms with Gasteiger partial charge in [-0.2, -0.15) is 9.61 Å². The van der Waals surface area contributed by atoms with Gasteiger partial charge in [-0.3, -0.25) is 0 Å². The number of aromatic nitrogens is 4. The number of nitrogens with one attached hydrogen (secondary N) is 1. The third-order valence-electron chi connectivity index (χ3n) is 3.41. The van der Waals surface area contributed by atoms with Gasteiger partial charge >= 0.3 is 0 Å². The maximum absolute atomic E-state index is 12.6. The topological polar surface area (TPSA) is 98.5 Å². The summed E-state index contributed by atoms with van der Waals surface area (Å²) in [5.74, 6) is 0.318. The van der Waals surface area contributed by atoms with Gasteiger partial charge < -0.3 is 4.74 Å². The van der Waals surface area contributed by atoms with Gasteiger partial charge in [0.25, 0.3) is 0 Å². The van der Waals surface area contributed by atoms with Crippen LogP contribution in [-0.4, -0.2) is 35.3 Å². The lowest BCUT2D eigenvalue weighted by Gasteiger charge is -2.12. The summed E-state index contributed by atoms with van der Waals surface area (Å²) in [5.41, 5.74) is 1.85. The first-order chi connectivity index (χ1) is 10.9. The number of hydrogen-bond acceptors (Lipinski definition) is 7. The van der Waals surface area contributed by atoms with Crippen LogP contribution < -0.4 is 9.46 Å². The van der Waals surface area contributed by atoms with Crippen LogP contribution in [-0.2, 0) is 16.6 Å². The van der Waals surface area contributed by atoms with Gasteiger partial charge in [-0.15, -0.1) is 10.2 Å². The Hall–Kier alpha value is -2.04. The number of rotatable bonds is 5. The monoisotopic (exact) mass is 353 g/mol. The average molecular weight is 353 g/mol. The number of nitrogens with zero attached hydrogens (tertiary/aromatic N) is 4. The maximum atomic E-state index is 12.6. The minimum Gasteiger partial charge on any atom is -0.495 e. The van der Waals surface area contributed by atoms with Crippen molar-refractivity contribution in [3.05, 3.63) is 34.6 Å². The van der Waals surface area contributed by atoms with Crippen molar-refractivity contribution in [1.29, 1.82) is 0 Å². The molecule has 23 heavy (non-hydrogen) atoms. The van der Waals surface area contributed by atoms with E-state index in [0.717, 1.165) is 11.1 Å². The van der Waals surface area contributed by atoms with E-state index in [0.29, 0.717) is 15.7 Å². The Bertz CT molecular complexity index is 933. The standard InChI is InChI=1S/C13H15N5O3S2/c1-8-4-10(21-3)11(5-9(8)2)23(19,20)15-6-12-17-18-7-14-16-13(18)22-12/h4-5,7,15H,6H2,1-3H3. The molecule has 0 bridgehead atoms. The van der Waals surface area contributed by atoms with Crippen molar-refractivity contribution < 1.29 is 13.2 Å². The lowest BCUT2D eigenvalue weighted by atomic mass is 10.1. The van der Waals surface area contributed by atoms with Crippen LogP contribution in [0.2, 0.25) is 0 Å². The van der Waals surface area contributed by atoms with E-state index in [4.69, 9.17) is 4.74 Å². The second-order valence-corrected chi connectivity index (χ2v) is 7.74. The highest BCUT2D eigenvalue weighted by molar-refractivity contribution is 7.89. The molecule has 0 saturated heterocycles. The van der Waals surface area contributed by atoms with Crippen molar-refractivity contribution in [2.75, 3.05) is 7.11 Å². The fourth-order valence-corrected chi connectivity index (χ4v) is 4.11. The molecule has 3 aromatic rings. The molecule has 122 valence electrons. The van der Waals surface area contributed by atoms with E-state index in [9.17, 15) is 8.42 Å². The average Bonchev–Trinajstić information content (AvgIpc) is 3.08. The molecular weight excluding hydrogens is 338 g/mol. The van der Waals surface area contributed by atoms with E-state index in [1.165, 1.54) is 29.3 Å². The normalized spacial score (nSPS) is 12.0. The molecule has 8 nitrogen and oxygen atoms in total. The van der Waals surface area contributed by atoms with Crippen LogP contribution >= 0.6 is 11.3 Å². The minimum absolute atomic E-state index is 0.0758. The van der Waals surface area contributed by atoms with Crippen molar-refractivity contribution in [1.82, 2.24) is 24.5 Å². The molecule has 2 aromatic heterocycles. The summed E-state index contributed by atoms with van der Waals surface area (Å²) in [6.07, 6.45) is 1.47. The smallest absolute Gasteiger partial charge is 0.244 e. The van der Waals surface area contributed by atoms with Crippen LogP contribution in [0.25, 0.3) is 4.96 Å². The predicted molar refractivity (Wildman–Crippen MR) is 85.2 cm³/mol. The maximum Gasteiger partial charge on any atom is 0.244 e. The molecule has 10 heteroatoms. The molecule has 0 radical (unpaired) electrons. The molecule has 0 unspecified atom stereocenters. The van der Waals surface area contributed by atoms with Gasteiger partial charge in [0, 0.05) is 0 Å². The number of aryl methyl sites for hydroxylation is 2. The molecule has 0 aliphatic rings. The second kappa shape index (κ2) is 5.87. The van der Waals surface area contributed by atoms with E-state index in [1.807, 2.05) is 13.8 Å². The third kappa shape index (κ3) is 3.05. The van der Waals surface area contributed by atoms with E-state index < -0.39 is 10.0 Å². The number of ether oxygens (including phenoxy) is 1. The Kier molecular flexibility index (Phi) is 4.04. The molecule has 0 aliphatic heterocycles. The van der Waals surface area contributed by atoms with Crippen molar-refractivity contribution >= 4 is 26.3 Å². The van der Waals surface area contributed by atoms with Crippen LogP contribution in [0.15, 0.2) is 23.4 Å². The summed E-state index contributed by atoms with van der Waals surface area (Å²) in [6, 6.07) is 3.32. The first-order valence-corrected chi connectivity index (χ1v) is 9.01. The van der Waals surface area contributed by atoms with Crippen LogP contribution in [0.3, 0.4) is 0 Å². The van der Waals surface area contributed by atoms with Gasteiger partial charge in [0.2, 0.25) is 15.0 Å². The summed E-state index contributed by atoms with van der Waals surface area (Å²) < 4.78 is 34.4. The van der Waals surface area contributed by atoms with Crippen molar-refractivity contribution in [2.24, 2.45) is 0 Å². The lowest BCUT2D eigenvalue weighted by molar-refractivity contribution is 0.401. The molecule has 0 saturated carbocycles. The third-order valence-corrected chi connectivity index (χ3v) is 5.75. The quantitative estimate of drug-likeness (QED) is 0.742. The predicted octanol–water partition coefficient (Wildman–Crippen LogP) is 1.29. The highest BCUT2D eigenvalue weighted by Crippen LogP contribution is 2.27. The molecule has 0 amide bonds. The van der Waals surface area contributed by atoms with Crippen LogP contribution in [0.5, 0.6) is 5.75 Å². The largest absolute Gasteiger partial charge is 0.495 e. The first-order valence-electron chi connectivity index (χ1n) is 6.71. The molecule has 0 aliphatic carbocycles. The molecule has 0 atom stereocenters. The molecular formula is C13H15N5O3S2. The van der Waals surface area contributed by atoms with Crippen LogP contribution in [0.1, 0.15) is 16.1 Å². The number of hydrogen-bond donors (Lipinski definition) is 1. The van der Waals surface area contributed by atoms with Crippen molar-refractivity contribution in [3.8, 4) is 5.75 Å². The van der Waals surface area contributed by atoms with Gasteiger partial charge in [-0.25, -0.2) is 13.1 Å². The van der Waals surface area contributed by atoms with Gasteiger partial charge in [0.1, 0.15) is 22.0 Å². The fraction of sp³-hybridized carbons (Fsp3) is 0.308. The summed E-state index contributed by atoms with van der Waals surface area (Å²) in [4.78, 5) is 0.731. The molecule has 0 fully saturated rings. The number of benzene rings is 1. The molecule has 3 rings (SSSR count). The van der Waals surface area contributed by atoms with Gasteiger partial charge in [-0.05, 0) is 37.1 Å². The highest BCUT2D eigenvalue weighted by Gasteiger charge is 2.21. The van der Waals surface area contributed by atoms with E-state index in [-0.39, 0.29) is 11.4 Å². The second-order valence-electron chi connectivity index (χ2n) is 4.97. The Morgan fingerprint density at radius 3 is 2.74 bits per heavy atom. The molecule has 2 heterocycles. The van der Waals surface area contributed by atoms with E-state index >= 15 is 0 Å². The Morgan fingerprint density at radius 2 is 2.04 bits per heavy atom. The van der Waals surface area contributed by atoms with Crippen LogP contribution in [0, 0.1) is 13.8 Å². The number of fused-ring (bicyclic) bond motifs is 1. The zero-order chi connectivity index (χ0) is 16.6. The van der Waals surface area contributed by atoms with E-state index in [2.05, 4.69) is 20.0 Å². The van der Waals surface area contributed by atoms with Crippen molar-refractivity contribution in [3.63, 3.8) is 0 Å². The zero-order valence-electron chi connectivity index (χ0n) is 12.8. The minimum atomic E-state index is -3.71. The van der Waals surface area contributed by atoms with Crippen molar-refractivity contribution in [2.45, 2.75) is 25.3 Å². The Labute approximate surface area is 137 Å². The highest BCUT2D eigenvalue weighted by atomic mass is 32.2. The molecule has 1 N–H and O–H groups in total. The van der Waals surface area contributed by atoms with Gasteiger partial charge in [0.05, 0.1) is 13.7 Å². The fourth-order valence-electron chi connectivity index (χ4n) is 2.04. The lowest BCUT2D eigenvalue weighted by Crippen LogP contribution is -2.24. The summed E-state index contributed by atoms with van der Waals surface area (Å²) in [5, 5.41) is 12.4. The van der Waals surface area contributed by atoms with Crippen LogP contribution in [0.4, 0.5) is 0 Å². The SMILES string of the molecule is COc1cc(C)c(C)cc1S(=O)(=O)NCc1nn2cnnc2s1. The van der Waals surface area contributed by atoms with Gasteiger partial charge in [-0.1, -0.05) is 11.3 Å². The summed E-state index contributed by atoms with van der Waals surface area (Å²) in [6.45, 7) is 3.84. The Morgan fingerprint density at radius 1 is 1.30 bits per heavy atom. The number of sulfonamides is 1.